The smallest absolute Gasteiger partial charge is 0.245 e. The third kappa shape index (κ3) is 2.66. The lowest BCUT2D eigenvalue weighted by atomic mass is 10.3. The topological polar surface area (TPSA) is 72.2 Å². The molecule has 0 aliphatic rings. The number of nitrogen functional groups attached to an aromatic ring is 1. The molecule has 6 heteroatoms. The van der Waals surface area contributed by atoms with E-state index in [4.69, 9.17) is 5.73 Å². The molecule has 0 unspecified atom stereocenters. The highest BCUT2D eigenvalue weighted by Gasteiger charge is 2.22. The maximum atomic E-state index is 13.3. The Morgan fingerprint density at radius 3 is 2.47 bits per heavy atom. The monoisotopic (exact) mass is 232 g/mol. The predicted molar refractivity (Wildman–Crippen MR) is 56.3 cm³/mol. The van der Waals surface area contributed by atoms with Gasteiger partial charge in [0.25, 0.3) is 0 Å². The summed E-state index contributed by atoms with van der Waals surface area (Å²) in [6.07, 6.45) is 0. The summed E-state index contributed by atoms with van der Waals surface area (Å²) in [6.45, 7) is 3.29. The molecule has 4 nitrogen and oxygen atoms in total. The lowest BCUT2D eigenvalue weighted by Gasteiger charge is -2.11. The van der Waals surface area contributed by atoms with E-state index in [2.05, 4.69) is 4.72 Å². The Labute approximate surface area is 88.3 Å². The number of anilines is 1. The first-order chi connectivity index (χ1) is 6.84. The molecule has 0 heterocycles. The van der Waals surface area contributed by atoms with Gasteiger partial charge in [-0.15, -0.1) is 0 Å². The maximum Gasteiger partial charge on any atom is 0.245 e. The van der Waals surface area contributed by atoms with Crippen molar-refractivity contribution in [2.24, 2.45) is 0 Å². The molecule has 15 heavy (non-hydrogen) atoms. The molecule has 0 aliphatic heterocycles. The van der Waals surface area contributed by atoms with Gasteiger partial charge >= 0.3 is 0 Å². The Hall–Kier alpha value is -1.14. The minimum Gasteiger partial charge on any atom is -0.398 e. The summed E-state index contributed by atoms with van der Waals surface area (Å²) in [5.41, 5.74) is 5.33. The number of rotatable bonds is 3. The predicted octanol–water partition coefficient (Wildman–Crippen LogP) is 1.09. The number of hydrogen-bond acceptors (Lipinski definition) is 3. The first-order valence-electron chi connectivity index (χ1n) is 4.41. The number of nitrogens with one attached hydrogen (secondary N) is 1. The van der Waals surface area contributed by atoms with Crippen LogP contribution in [-0.4, -0.2) is 14.5 Å². The molecule has 0 saturated carbocycles. The molecule has 0 saturated heterocycles. The van der Waals surface area contributed by atoms with Crippen molar-refractivity contribution in [3.05, 3.63) is 24.0 Å². The van der Waals surface area contributed by atoms with Gasteiger partial charge in [0.2, 0.25) is 10.0 Å². The second-order valence-corrected chi connectivity index (χ2v) is 5.08. The molecule has 0 atom stereocenters. The minimum atomic E-state index is -3.87. The molecular formula is C9H13FN2O2S. The molecule has 84 valence electrons. The average Bonchev–Trinajstić information content (AvgIpc) is 1.99. The Kier molecular flexibility index (Phi) is 3.31. The third-order valence-electron chi connectivity index (χ3n) is 1.66. The van der Waals surface area contributed by atoms with Crippen LogP contribution in [0.2, 0.25) is 0 Å². The fraction of sp³-hybridized carbons (Fsp3) is 0.333. The summed E-state index contributed by atoms with van der Waals surface area (Å²) in [7, 11) is -3.87. The normalized spacial score (nSPS) is 12.0. The largest absolute Gasteiger partial charge is 0.398 e. The van der Waals surface area contributed by atoms with E-state index < -0.39 is 20.7 Å². The van der Waals surface area contributed by atoms with Crippen molar-refractivity contribution in [1.29, 1.82) is 0 Å². The van der Waals surface area contributed by atoms with E-state index >= 15 is 0 Å². The van der Waals surface area contributed by atoms with Crippen molar-refractivity contribution < 1.29 is 12.8 Å². The van der Waals surface area contributed by atoms with E-state index in [0.717, 1.165) is 6.07 Å². The summed E-state index contributed by atoms with van der Waals surface area (Å²) in [6, 6.07) is 3.46. The quantitative estimate of drug-likeness (QED) is 0.766. The van der Waals surface area contributed by atoms with E-state index in [0.29, 0.717) is 0 Å². The van der Waals surface area contributed by atoms with Gasteiger partial charge in [-0.25, -0.2) is 17.5 Å². The maximum absolute atomic E-state index is 13.3. The zero-order valence-corrected chi connectivity index (χ0v) is 9.31. The zero-order chi connectivity index (χ0) is 11.6. The van der Waals surface area contributed by atoms with E-state index in [1.807, 2.05) is 0 Å². The van der Waals surface area contributed by atoms with Crippen LogP contribution in [0.1, 0.15) is 13.8 Å². The van der Waals surface area contributed by atoms with Gasteiger partial charge < -0.3 is 5.73 Å². The van der Waals surface area contributed by atoms with Gasteiger partial charge in [-0.2, -0.15) is 0 Å². The van der Waals surface area contributed by atoms with Gasteiger partial charge in [-0.3, -0.25) is 0 Å². The van der Waals surface area contributed by atoms with Crippen molar-refractivity contribution in [1.82, 2.24) is 4.72 Å². The van der Waals surface area contributed by atoms with Gasteiger partial charge in [-0.05, 0) is 26.0 Å². The van der Waals surface area contributed by atoms with E-state index in [1.165, 1.54) is 12.1 Å². The van der Waals surface area contributed by atoms with Crippen LogP contribution in [0.4, 0.5) is 10.1 Å². The van der Waals surface area contributed by atoms with Gasteiger partial charge in [0.05, 0.1) is 5.69 Å². The highest BCUT2D eigenvalue weighted by Crippen LogP contribution is 2.21. The Morgan fingerprint density at radius 1 is 1.40 bits per heavy atom. The van der Waals surface area contributed by atoms with Crippen LogP contribution in [0.15, 0.2) is 23.1 Å². The highest BCUT2D eigenvalue weighted by atomic mass is 32.2. The molecule has 3 N–H and O–H groups in total. The molecular weight excluding hydrogens is 219 g/mol. The van der Waals surface area contributed by atoms with Crippen molar-refractivity contribution in [2.45, 2.75) is 24.8 Å². The minimum absolute atomic E-state index is 0.0943. The molecule has 1 aromatic carbocycles. The number of nitrogens with two attached hydrogens (primary N) is 1. The summed E-state index contributed by atoms with van der Waals surface area (Å²) in [5.74, 6) is -0.844. The SMILES string of the molecule is CC(C)NS(=O)(=O)c1c(N)cccc1F. The summed E-state index contributed by atoms with van der Waals surface area (Å²) in [4.78, 5) is -0.487. The lowest BCUT2D eigenvalue weighted by molar-refractivity contribution is 0.550. The molecule has 0 bridgehead atoms. The van der Waals surface area contributed by atoms with Crippen LogP contribution in [0, 0.1) is 5.82 Å². The average molecular weight is 232 g/mol. The van der Waals surface area contributed by atoms with Gasteiger partial charge in [0.15, 0.2) is 0 Å². The summed E-state index contributed by atoms with van der Waals surface area (Å²) in [5, 5.41) is 0. The molecule has 0 spiro atoms. The van der Waals surface area contributed by atoms with Gasteiger partial charge in [-0.1, -0.05) is 6.07 Å². The second-order valence-electron chi connectivity index (χ2n) is 3.43. The first kappa shape index (κ1) is 11.9. The van der Waals surface area contributed by atoms with E-state index in [9.17, 15) is 12.8 Å². The first-order valence-corrected chi connectivity index (χ1v) is 5.89. The zero-order valence-electron chi connectivity index (χ0n) is 8.49. The summed E-state index contributed by atoms with van der Waals surface area (Å²) >= 11 is 0. The van der Waals surface area contributed by atoms with Crippen molar-refractivity contribution >= 4 is 15.7 Å². The summed E-state index contributed by atoms with van der Waals surface area (Å²) < 4.78 is 38.9. The van der Waals surface area contributed by atoms with Crippen molar-refractivity contribution in [3.8, 4) is 0 Å². The Balaban J connectivity index is 3.27. The van der Waals surface area contributed by atoms with Crippen LogP contribution in [0.3, 0.4) is 0 Å². The van der Waals surface area contributed by atoms with Crippen LogP contribution < -0.4 is 10.5 Å². The van der Waals surface area contributed by atoms with Crippen LogP contribution >= 0.6 is 0 Å². The van der Waals surface area contributed by atoms with Gasteiger partial charge in [0.1, 0.15) is 10.7 Å². The third-order valence-corrected chi connectivity index (χ3v) is 3.41. The number of sulfonamides is 1. The van der Waals surface area contributed by atoms with E-state index in [-0.39, 0.29) is 11.7 Å². The Bertz CT molecular complexity index is 437. The fourth-order valence-electron chi connectivity index (χ4n) is 1.18. The molecule has 0 amide bonds. The number of hydrogen-bond donors (Lipinski definition) is 2. The van der Waals surface area contributed by atoms with Crippen LogP contribution in [0.25, 0.3) is 0 Å². The van der Waals surface area contributed by atoms with E-state index in [1.54, 1.807) is 13.8 Å². The second kappa shape index (κ2) is 4.16. The Morgan fingerprint density at radius 2 is 2.00 bits per heavy atom. The molecule has 0 aromatic heterocycles. The van der Waals surface area contributed by atoms with Crippen molar-refractivity contribution in [2.75, 3.05) is 5.73 Å². The standard InChI is InChI=1S/C9H13FN2O2S/c1-6(2)12-15(13,14)9-7(10)4-3-5-8(9)11/h3-6,12H,11H2,1-2H3. The fourth-order valence-corrected chi connectivity index (χ4v) is 2.62. The molecule has 1 rings (SSSR count). The van der Waals surface area contributed by atoms with Crippen LogP contribution in [-0.2, 0) is 10.0 Å². The molecule has 0 aliphatic carbocycles. The van der Waals surface area contributed by atoms with Crippen molar-refractivity contribution in [3.63, 3.8) is 0 Å². The van der Waals surface area contributed by atoms with Gasteiger partial charge in [0, 0.05) is 6.04 Å². The molecule has 0 fully saturated rings. The molecule has 1 aromatic rings. The number of benzene rings is 1. The number of halogens is 1. The molecule has 0 radical (unpaired) electrons. The highest BCUT2D eigenvalue weighted by molar-refractivity contribution is 7.89. The lowest BCUT2D eigenvalue weighted by Crippen LogP contribution is -2.31. The van der Waals surface area contributed by atoms with Crippen LogP contribution in [0.5, 0.6) is 0 Å².